The topological polar surface area (TPSA) is 91.7 Å². The minimum Gasteiger partial charge on any atom is -0.439 e. The van der Waals surface area contributed by atoms with Crippen molar-refractivity contribution < 1.29 is 19.1 Å². The summed E-state index contributed by atoms with van der Waals surface area (Å²) in [6.07, 6.45) is 7.18. The molecule has 1 saturated carbocycles. The summed E-state index contributed by atoms with van der Waals surface area (Å²) in [4.78, 5) is 24.5. The number of rotatable bonds is 4. The van der Waals surface area contributed by atoms with Crippen molar-refractivity contribution in [2.45, 2.75) is 72.3 Å². The number of hydrogen-bond donors (Lipinski definition) is 1. The summed E-state index contributed by atoms with van der Waals surface area (Å²) in [5.74, 6) is 0.784. The van der Waals surface area contributed by atoms with E-state index in [1.807, 2.05) is 19.9 Å². The fraction of sp³-hybridized carbons (Fsp3) is 0.850. The van der Waals surface area contributed by atoms with E-state index in [2.05, 4.69) is 12.2 Å². The van der Waals surface area contributed by atoms with Crippen LogP contribution in [-0.2, 0) is 14.3 Å². The zero-order valence-electron chi connectivity index (χ0n) is 17.5. The molecule has 1 unspecified atom stereocenters. The highest BCUT2D eigenvalue weighted by Gasteiger charge is 2.19. The summed E-state index contributed by atoms with van der Waals surface area (Å²) in [5, 5.41) is 11.0. The minimum atomic E-state index is -0.745. The molecule has 2 aliphatic rings. The number of nitriles is 1. The largest absolute Gasteiger partial charge is 0.439 e. The fourth-order valence-corrected chi connectivity index (χ4v) is 2.75. The Bertz CT molecular complexity index is 439. The van der Waals surface area contributed by atoms with Gasteiger partial charge >= 0.3 is 6.09 Å². The van der Waals surface area contributed by atoms with Crippen molar-refractivity contribution >= 4 is 12.0 Å². The number of nitrogens with zero attached hydrogens (tertiary/aromatic N) is 2. The van der Waals surface area contributed by atoms with Crippen LogP contribution in [0.25, 0.3) is 0 Å². The molecule has 0 aromatic carbocycles. The van der Waals surface area contributed by atoms with Gasteiger partial charge in [-0.3, -0.25) is 4.79 Å². The van der Waals surface area contributed by atoms with Crippen LogP contribution in [0, 0.1) is 17.2 Å². The molecule has 0 spiro atoms. The SMILES string of the molecule is CC.CC1CCCCC1.CCC(C#N)NC(=O)OCC(=O)N1CCOCC1. The molecule has 0 aromatic heterocycles. The van der Waals surface area contributed by atoms with E-state index in [0.29, 0.717) is 32.7 Å². The van der Waals surface area contributed by atoms with Gasteiger partial charge in [0.15, 0.2) is 6.61 Å². The Morgan fingerprint density at radius 3 is 2.26 bits per heavy atom. The van der Waals surface area contributed by atoms with Crippen LogP contribution in [0.2, 0.25) is 0 Å². The molecule has 0 radical (unpaired) electrons. The maximum atomic E-state index is 11.6. The van der Waals surface area contributed by atoms with Crippen molar-refractivity contribution in [1.82, 2.24) is 10.2 Å². The van der Waals surface area contributed by atoms with Crippen molar-refractivity contribution in [3.05, 3.63) is 0 Å². The molecule has 0 bridgehead atoms. The van der Waals surface area contributed by atoms with Gasteiger partial charge in [-0.25, -0.2) is 4.79 Å². The lowest BCUT2D eigenvalue weighted by molar-refractivity contribution is -0.138. The van der Waals surface area contributed by atoms with Crippen LogP contribution < -0.4 is 5.32 Å². The van der Waals surface area contributed by atoms with Crippen molar-refractivity contribution in [2.24, 2.45) is 5.92 Å². The molecule has 2 amide bonds. The first-order chi connectivity index (χ1) is 13.1. The highest BCUT2D eigenvalue weighted by atomic mass is 16.6. The molecular formula is C20H37N3O4. The fourth-order valence-electron chi connectivity index (χ4n) is 2.75. The van der Waals surface area contributed by atoms with E-state index in [-0.39, 0.29) is 12.5 Å². The molecule has 1 aliphatic heterocycles. The first kappa shape index (κ1) is 25.2. The first-order valence-electron chi connectivity index (χ1n) is 10.2. The van der Waals surface area contributed by atoms with Gasteiger partial charge in [-0.1, -0.05) is 59.8 Å². The first-order valence-corrected chi connectivity index (χ1v) is 10.2. The highest BCUT2D eigenvalue weighted by molar-refractivity contribution is 5.80. The zero-order valence-corrected chi connectivity index (χ0v) is 17.5. The van der Waals surface area contributed by atoms with Crippen molar-refractivity contribution in [3.63, 3.8) is 0 Å². The lowest BCUT2D eigenvalue weighted by Crippen LogP contribution is -2.43. The van der Waals surface area contributed by atoms with Crippen molar-refractivity contribution in [3.8, 4) is 6.07 Å². The van der Waals surface area contributed by atoms with E-state index in [0.717, 1.165) is 5.92 Å². The summed E-state index contributed by atoms with van der Waals surface area (Å²) in [5.41, 5.74) is 0. The molecule has 0 aromatic rings. The minimum absolute atomic E-state index is 0.251. The maximum absolute atomic E-state index is 11.6. The summed E-state index contributed by atoms with van der Waals surface area (Å²) in [6, 6.07) is 1.32. The molecule has 7 nitrogen and oxygen atoms in total. The Balaban J connectivity index is 0.000000621. The molecule has 2 rings (SSSR count). The van der Waals surface area contributed by atoms with Gasteiger partial charge in [0.1, 0.15) is 6.04 Å². The summed E-state index contributed by atoms with van der Waals surface area (Å²) < 4.78 is 9.87. The molecule has 1 atom stereocenters. The monoisotopic (exact) mass is 383 g/mol. The Hall–Kier alpha value is -1.81. The van der Waals surface area contributed by atoms with Crippen LogP contribution in [-0.4, -0.2) is 55.9 Å². The van der Waals surface area contributed by atoms with Crippen LogP contribution in [0.1, 0.15) is 66.2 Å². The Morgan fingerprint density at radius 2 is 1.81 bits per heavy atom. The third kappa shape index (κ3) is 12.2. The second-order valence-corrected chi connectivity index (χ2v) is 6.55. The van der Waals surface area contributed by atoms with Gasteiger partial charge in [0.25, 0.3) is 5.91 Å². The van der Waals surface area contributed by atoms with Crippen LogP contribution in [0.15, 0.2) is 0 Å². The average molecular weight is 384 g/mol. The predicted octanol–water partition coefficient (Wildman–Crippen LogP) is 3.49. The molecule has 1 N–H and O–H groups in total. The number of hydrogen-bond acceptors (Lipinski definition) is 5. The quantitative estimate of drug-likeness (QED) is 0.802. The summed E-state index contributed by atoms with van der Waals surface area (Å²) >= 11 is 0. The number of carbonyl (C=O) groups is 2. The number of carbonyl (C=O) groups excluding carboxylic acids is 2. The van der Waals surface area contributed by atoms with Crippen LogP contribution in [0.5, 0.6) is 0 Å². The van der Waals surface area contributed by atoms with Crippen molar-refractivity contribution in [2.75, 3.05) is 32.9 Å². The average Bonchev–Trinajstić information content (AvgIpc) is 2.73. The smallest absolute Gasteiger partial charge is 0.408 e. The normalized spacial score (nSPS) is 17.8. The summed E-state index contributed by atoms with van der Waals surface area (Å²) in [7, 11) is 0. The molecule has 156 valence electrons. The maximum Gasteiger partial charge on any atom is 0.408 e. The third-order valence-corrected chi connectivity index (χ3v) is 4.44. The predicted molar refractivity (Wildman–Crippen MR) is 105 cm³/mol. The standard InChI is InChI=1S/C11H17N3O4.C7H14.C2H6/c1-2-9(7-12)13-11(16)18-8-10(15)14-3-5-17-6-4-14;1-7-5-3-2-4-6-7;1-2/h9H,2-6,8H2,1H3,(H,13,16);7H,2-6H2,1H3;1-2H3. The van der Waals surface area contributed by atoms with Gasteiger partial charge in [-0.05, 0) is 12.3 Å². The Labute approximate surface area is 164 Å². The number of morpholine rings is 1. The second-order valence-electron chi connectivity index (χ2n) is 6.55. The summed E-state index contributed by atoms with van der Waals surface area (Å²) in [6.45, 7) is 9.85. The Kier molecular flexibility index (Phi) is 15.3. The lowest BCUT2D eigenvalue weighted by atomic mass is 9.91. The number of amides is 2. The van der Waals surface area contributed by atoms with E-state index in [1.165, 1.54) is 32.1 Å². The van der Waals surface area contributed by atoms with E-state index in [1.54, 1.807) is 11.8 Å². The van der Waals surface area contributed by atoms with Gasteiger partial charge < -0.3 is 19.7 Å². The van der Waals surface area contributed by atoms with Gasteiger partial charge in [-0.2, -0.15) is 5.26 Å². The van der Waals surface area contributed by atoms with Crippen LogP contribution >= 0.6 is 0 Å². The van der Waals surface area contributed by atoms with Gasteiger partial charge in [0.05, 0.1) is 19.3 Å². The second kappa shape index (κ2) is 16.4. The molecule has 1 aliphatic carbocycles. The van der Waals surface area contributed by atoms with E-state index >= 15 is 0 Å². The number of nitrogens with one attached hydrogen (secondary N) is 1. The molecule has 27 heavy (non-hydrogen) atoms. The van der Waals surface area contributed by atoms with Gasteiger partial charge in [-0.15, -0.1) is 0 Å². The molecule has 7 heteroatoms. The van der Waals surface area contributed by atoms with Gasteiger partial charge in [0.2, 0.25) is 0 Å². The van der Waals surface area contributed by atoms with E-state index in [4.69, 9.17) is 14.7 Å². The zero-order chi connectivity index (χ0) is 20.5. The molecule has 1 heterocycles. The van der Waals surface area contributed by atoms with Gasteiger partial charge in [0, 0.05) is 13.1 Å². The number of alkyl carbamates (subject to hydrolysis) is 1. The van der Waals surface area contributed by atoms with E-state index < -0.39 is 12.1 Å². The lowest BCUT2D eigenvalue weighted by Gasteiger charge is -2.26. The molecular weight excluding hydrogens is 346 g/mol. The Morgan fingerprint density at radius 1 is 1.22 bits per heavy atom. The molecule has 2 fully saturated rings. The van der Waals surface area contributed by atoms with E-state index in [9.17, 15) is 9.59 Å². The van der Waals surface area contributed by atoms with Crippen molar-refractivity contribution in [1.29, 1.82) is 5.26 Å². The van der Waals surface area contributed by atoms with Crippen LogP contribution in [0.4, 0.5) is 4.79 Å². The third-order valence-electron chi connectivity index (χ3n) is 4.44. The highest BCUT2D eigenvalue weighted by Crippen LogP contribution is 2.22. The number of ether oxygens (including phenoxy) is 2. The molecule has 1 saturated heterocycles. The van der Waals surface area contributed by atoms with Crippen LogP contribution in [0.3, 0.4) is 0 Å².